The van der Waals surface area contributed by atoms with E-state index in [1.807, 2.05) is 0 Å². The maximum absolute atomic E-state index is 11.8. The second-order valence-electron chi connectivity index (χ2n) is 1.73. The summed E-state index contributed by atoms with van der Waals surface area (Å²) in [6.45, 7) is 0. The quantitative estimate of drug-likeness (QED) is 0.739. The molecular weight excluding hydrogens is 174 g/mol. The molecule has 0 radical (unpaired) electrons. The van der Waals surface area contributed by atoms with Crippen LogP contribution in [0.5, 0.6) is 0 Å². The molecule has 0 fully saturated rings. The highest BCUT2D eigenvalue weighted by Crippen LogP contribution is 2.23. The van der Waals surface area contributed by atoms with Gasteiger partial charge < -0.3 is 5.73 Å². The van der Waals surface area contributed by atoms with Gasteiger partial charge in [0.2, 0.25) is 0 Å². The Morgan fingerprint density at radius 2 is 2.36 bits per heavy atom. The van der Waals surface area contributed by atoms with Crippen molar-refractivity contribution in [1.29, 1.82) is 0 Å². The van der Waals surface area contributed by atoms with E-state index >= 15 is 0 Å². The normalized spacial score (nSPS) is 10.5. The van der Waals surface area contributed by atoms with E-state index in [1.54, 1.807) is 0 Å². The first-order valence-electron chi connectivity index (χ1n) is 2.65. The minimum absolute atomic E-state index is 0.0558. The van der Waals surface area contributed by atoms with Crippen LogP contribution in [0.3, 0.4) is 0 Å². The van der Waals surface area contributed by atoms with E-state index in [0.29, 0.717) is 11.3 Å². The number of rotatable bonds is 2. The second-order valence-corrected chi connectivity index (χ2v) is 2.79. The van der Waals surface area contributed by atoms with Gasteiger partial charge in [0.15, 0.2) is 5.01 Å². The van der Waals surface area contributed by atoms with Gasteiger partial charge in [-0.3, -0.25) is 4.79 Å². The van der Waals surface area contributed by atoms with Gasteiger partial charge in [0.25, 0.3) is 12.3 Å². The van der Waals surface area contributed by atoms with Crippen LogP contribution in [0.1, 0.15) is 21.1 Å². The molecule has 60 valence electrons. The van der Waals surface area contributed by atoms with Crippen molar-refractivity contribution in [2.75, 3.05) is 0 Å². The first kappa shape index (κ1) is 8.06. The number of carbonyl (C=O) groups excluding carboxylic acids is 1. The zero-order chi connectivity index (χ0) is 8.43. The summed E-state index contributed by atoms with van der Waals surface area (Å²) in [5, 5.41) is -0.376. The topological polar surface area (TPSA) is 56.0 Å². The molecule has 6 heteroatoms. The molecular formula is C5H4F2N2OS. The lowest BCUT2D eigenvalue weighted by molar-refractivity contribution is 0.100. The summed E-state index contributed by atoms with van der Waals surface area (Å²) in [6, 6.07) is 0. The predicted molar refractivity (Wildman–Crippen MR) is 35.6 cm³/mol. The number of hydrogen-bond acceptors (Lipinski definition) is 3. The van der Waals surface area contributed by atoms with Gasteiger partial charge in [-0.05, 0) is 0 Å². The van der Waals surface area contributed by atoms with Crippen molar-refractivity contribution in [3.8, 4) is 0 Å². The third-order valence-electron chi connectivity index (χ3n) is 0.953. The van der Waals surface area contributed by atoms with Crippen LogP contribution in [0.25, 0.3) is 0 Å². The maximum Gasteiger partial charge on any atom is 0.289 e. The number of carbonyl (C=O) groups is 1. The zero-order valence-corrected chi connectivity index (χ0v) is 6.07. The van der Waals surface area contributed by atoms with Crippen molar-refractivity contribution in [1.82, 2.24) is 4.98 Å². The Morgan fingerprint density at radius 1 is 1.73 bits per heavy atom. The van der Waals surface area contributed by atoms with E-state index < -0.39 is 12.3 Å². The molecule has 1 rings (SSSR count). The van der Waals surface area contributed by atoms with Gasteiger partial charge in [0, 0.05) is 0 Å². The zero-order valence-electron chi connectivity index (χ0n) is 5.25. The fourth-order valence-electron chi connectivity index (χ4n) is 0.502. The third-order valence-corrected chi connectivity index (χ3v) is 1.97. The van der Waals surface area contributed by atoms with Crippen molar-refractivity contribution >= 4 is 17.2 Å². The number of nitrogens with two attached hydrogens (primary N) is 1. The van der Waals surface area contributed by atoms with Crippen LogP contribution in [0, 0.1) is 0 Å². The van der Waals surface area contributed by atoms with Crippen LogP contribution in [0.4, 0.5) is 8.78 Å². The lowest BCUT2D eigenvalue weighted by Crippen LogP contribution is -2.08. The molecule has 0 bridgehead atoms. The monoisotopic (exact) mass is 178 g/mol. The van der Waals surface area contributed by atoms with Crippen molar-refractivity contribution in [2.45, 2.75) is 6.43 Å². The van der Waals surface area contributed by atoms with Crippen LogP contribution in [0.2, 0.25) is 0 Å². The molecule has 0 aliphatic rings. The van der Waals surface area contributed by atoms with Crippen LogP contribution >= 0.6 is 11.3 Å². The van der Waals surface area contributed by atoms with Crippen LogP contribution < -0.4 is 5.73 Å². The fraction of sp³-hybridized carbons (Fsp3) is 0.200. The fourth-order valence-corrected chi connectivity index (χ4v) is 1.13. The van der Waals surface area contributed by atoms with Gasteiger partial charge in [-0.25, -0.2) is 13.8 Å². The number of amides is 1. The number of primary amides is 1. The minimum atomic E-state index is -2.63. The van der Waals surface area contributed by atoms with Gasteiger partial charge in [-0.15, -0.1) is 11.3 Å². The molecule has 0 spiro atoms. The van der Waals surface area contributed by atoms with E-state index in [2.05, 4.69) is 4.98 Å². The van der Waals surface area contributed by atoms with Gasteiger partial charge in [-0.1, -0.05) is 0 Å². The Bertz CT molecular complexity index is 273. The van der Waals surface area contributed by atoms with Crippen molar-refractivity contribution < 1.29 is 13.6 Å². The number of hydrogen-bond donors (Lipinski definition) is 1. The Kier molecular flexibility index (Phi) is 2.13. The Hall–Kier alpha value is -1.04. The highest BCUT2D eigenvalue weighted by molar-refractivity contribution is 7.13. The van der Waals surface area contributed by atoms with E-state index in [4.69, 9.17) is 5.73 Å². The molecule has 0 saturated heterocycles. The number of thiazole rings is 1. The summed E-state index contributed by atoms with van der Waals surface area (Å²) in [4.78, 5) is 13.7. The third kappa shape index (κ3) is 1.70. The van der Waals surface area contributed by atoms with Crippen LogP contribution in [-0.2, 0) is 0 Å². The smallest absolute Gasteiger partial charge is 0.289 e. The largest absolute Gasteiger partial charge is 0.365 e. The van der Waals surface area contributed by atoms with E-state index in [-0.39, 0.29) is 9.88 Å². The summed E-state index contributed by atoms with van der Waals surface area (Å²) in [5.74, 6) is -0.727. The molecule has 1 heterocycles. The molecule has 0 saturated carbocycles. The maximum atomic E-state index is 11.8. The molecule has 0 atom stereocenters. The Morgan fingerprint density at radius 3 is 2.64 bits per heavy atom. The molecule has 2 N–H and O–H groups in total. The average molecular weight is 178 g/mol. The van der Waals surface area contributed by atoms with E-state index in [9.17, 15) is 13.6 Å². The number of aromatic nitrogens is 1. The molecule has 0 aliphatic carbocycles. The SMILES string of the molecule is NC(=O)c1cnc(C(F)F)s1. The Labute approximate surface area is 64.9 Å². The summed E-state index contributed by atoms with van der Waals surface area (Å²) in [5.41, 5.74) is 4.81. The lowest BCUT2D eigenvalue weighted by Gasteiger charge is -1.87. The molecule has 1 amide bonds. The van der Waals surface area contributed by atoms with Crippen LogP contribution in [-0.4, -0.2) is 10.9 Å². The summed E-state index contributed by atoms with van der Waals surface area (Å²) >= 11 is 0.613. The number of halogens is 2. The lowest BCUT2D eigenvalue weighted by atomic mass is 10.5. The molecule has 0 aromatic carbocycles. The van der Waals surface area contributed by atoms with Crippen molar-refractivity contribution in [3.63, 3.8) is 0 Å². The standard InChI is InChI=1S/C5H4F2N2OS/c6-3(7)5-9-1-2(11-5)4(8)10/h1,3H,(H2,8,10). The summed E-state index contributed by atoms with van der Waals surface area (Å²) < 4.78 is 23.7. The highest BCUT2D eigenvalue weighted by Gasteiger charge is 2.13. The molecule has 3 nitrogen and oxygen atoms in total. The van der Waals surface area contributed by atoms with Gasteiger partial charge in [0.05, 0.1) is 6.20 Å². The minimum Gasteiger partial charge on any atom is -0.365 e. The molecule has 1 aromatic rings. The first-order chi connectivity index (χ1) is 5.11. The molecule has 1 aromatic heterocycles. The van der Waals surface area contributed by atoms with Crippen molar-refractivity contribution in [2.24, 2.45) is 5.73 Å². The van der Waals surface area contributed by atoms with Crippen LogP contribution in [0.15, 0.2) is 6.20 Å². The highest BCUT2D eigenvalue weighted by atomic mass is 32.1. The second kappa shape index (κ2) is 2.91. The Balaban J connectivity index is 2.90. The number of alkyl halides is 2. The van der Waals surface area contributed by atoms with Gasteiger partial charge >= 0.3 is 0 Å². The molecule has 0 aliphatic heterocycles. The van der Waals surface area contributed by atoms with E-state index in [0.717, 1.165) is 6.20 Å². The van der Waals surface area contributed by atoms with Gasteiger partial charge in [0.1, 0.15) is 4.88 Å². The average Bonchev–Trinajstić information content (AvgIpc) is 2.33. The van der Waals surface area contributed by atoms with E-state index in [1.165, 1.54) is 0 Å². The molecule has 0 unspecified atom stereocenters. The van der Waals surface area contributed by atoms with Crippen molar-refractivity contribution in [3.05, 3.63) is 16.1 Å². The first-order valence-corrected chi connectivity index (χ1v) is 3.46. The molecule has 11 heavy (non-hydrogen) atoms. The number of nitrogens with zero attached hydrogens (tertiary/aromatic N) is 1. The summed E-state index contributed by atoms with van der Waals surface area (Å²) in [7, 11) is 0. The van der Waals surface area contributed by atoms with Gasteiger partial charge in [-0.2, -0.15) is 0 Å². The summed E-state index contributed by atoms with van der Waals surface area (Å²) in [6.07, 6.45) is -1.58. The predicted octanol–water partition coefficient (Wildman–Crippen LogP) is 1.18.